The molecule has 0 saturated heterocycles. The molecule has 2 rings (SSSR count). The number of nitrogen functional groups attached to an aromatic ring is 1. The molecule has 0 aliphatic heterocycles. The molecule has 6 nitrogen and oxygen atoms in total. The van der Waals surface area contributed by atoms with Crippen molar-refractivity contribution in [3.63, 3.8) is 0 Å². The summed E-state index contributed by atoms with van der Waals surface area (Å²) in [4.78, 5) is 0. The summed E-state index contributed by atoms with van der Waals surface area (Å²) in [5.41, 5.74) is 6.05. The lowest BCUT2D eigenvalue weighted by atomic mass is 10.3. The molecule has 0 unspecified atom stereocenters. The van der Waals surface area contributed by atoms with E-state index in [-0.39, 0.29) is 21.7 Å². The highest BCUT2D eigenvalue weighted by atomic mass is 35.5. The fraction of sp³-hybridized carbons (Fsp3) is 0. The number of nitrogens with two attached hydrogens (primary N) is 1. The van der Waals surface area contributed by atoms with Crippen LogP contribution in [0.1, 0.15) is 0 Å². The van der Waals surface area contributed by atoms with Crippen molar-refractivity contribution in [2.75, 3.05) is 10.8 Å². The third-order valence-electron chi connectivity index (χ3n) is 2.18. The highest BCUT2D eigenvalue weighted by Crippen LogP contribution is 2.31. The zero-order valence-electron chi connectivity index (χ0n) is 9.01. The predicted molar refractivity (Wildman–Crippen MR) is 70.5 cm³/mol. The Morgan fingerprint density at radius 3 is 2.78 bits per heavy atom. The molecule has 0 amide bonds. The summed E-state index contributed by atoms with van der Waals surface area (Å²) in [5, 5.41) is 22.5. The van der Waals surface area contributed by atoms with Gasteiger partial charge < -0.3 is 5.73 Å². The van der Waals surface area contributed by atoms with Crippen LogP contribution in [0.2, 0.25) is 10.0 Å². The van der Waals surface area contributed by atoms with Gasteiger partial charge in [-0.05, 0) is 12.1 Å². The fourth-order valence-corrected chi connectivity index (χ4v) is 1.70. The third-order valence-corrected chi connectivity index (χ3v) is 2.99. The molecular weight excluding hydrogens is 277 g/mol. The highest BCUT2D eigenvalue weighted by Gasteiger charge is 2.16. The number of rotatable bonds is 1. The summed E-state index contributed by atoms with van der Waals surface area (Å²) >= 11 is 11.8. The van der Waals surface area contributed by atoms with Crippen molar-refractivity contribution in [3.05, 3.63) is 40.6 Å². The molecule has 1 heterocycles. The standard InChI is InChI=1S/C10H9Cl2N5O/c11-7-2-1-3-8(9(7)12)17(18)10(14)16-5-6(13)4-15-16/h1-5,14,18H,13H2. The molecule has 2 aromatic rings. The average molecular weight is 286 g/mol. The van der Waals surface area contributed by atoms with Gasteiger partial charge in [0.05, 0.1) is 33.8 Å². The van der Waals surface area contributed by atoms with Crippen molar-refractivity contribution in [2.24, 2.45) is 0 Å². The van der Waals surface area contributed by atoms with Gasteiger partial charge in [-0.3, -0.25) is 10.6 Å². The lowest BCUT2D eigenvalue weighted by Crippen LogP contribution is -2.32. The zero-order chi connectivity index (χ0) is 13.3. The van der Waals surface area contributed by atoms with Gasteiger partial charge in [0.1, 0.15) is 0 Å². The largest absolute Gasteiger partial charge is 0.396 e. The van der Waals surface area contributed by atoms with E-state index in [1.807, 2.05) is 0 Å². The van der Waals surface area contributed by atoms with E-state index in [9.17, 15) is 5.21 Å². The maximum Gasteiger partial charge on any atom is 0.248 e. The Morgan fingerprint density at radius 1 is 1.44 bits per heavy atom. The quantitative estimate of drug-likeness (QED) is 0.426. The maximum atomic E-state index is 9.92. The molecule has 0 fully saturated rings. The third kappa shape index (κ3) is 2.26. The lowest BCUT2D eigenvalue weighted by molar-refractivity contribution is 0.306. The Morgan fingerprint density at radius 2 is 2.17 bits per heavy atom. The molecule has 0 saturated carbocycles. The molecule has 18 heavy (non-hydrogen) atoms. The first-order valence-corrected chi connectivity index (χ1v) is 5.58. The minimum absolute atomic E-state index is 0.145. The molecule has 0 aliphatic rings. The number of anilines is 2. The van der Waals surface area contributed by atoms with Gasteiger partial charge in [-0.1, -0.05) is 29.3 Å². The van der Waals surface area contributed by atoms with Gasteiger partial charge in [0.15, 0.2) is 0 Å². The van der Waals surface area contributed by atoms with Gasteiger partial charge in [0, 0.05) is 0 Å². The molecular formula is C10H9Cl2N5O. The SMILES string of the molecule is N=C(N(O)c1cccc(Cl)c1Cl)n1cc(N)cn1. The molecule has 0 spiro atoms. The van der Waals surface area contributed by atoms with E-state index in [0.29, 0.717) is 10.8 Å². The second-order valence-electron chi connectivity index (χ2n) is 3.43. The smallest absolute Gasteiger partial charge is 0.248 e. The summed E-state index contributed by atoms with van der Waals surface area (Å²) in [6.07, 6.45) is 2.76. The summed E-state index contributed by atoms with van der Waals surface area (Å²) < 4.78 is 1.10. The normalized spacial score (nSPS) is 10.4. The molecule has 4 N–H and O–H groups in total. The first kappa shape index (κ1) is 12.7. The van der Waals surface area contributed by atoms with Crippen molar-refractivity contribution >= 4 is 40.5 Å². The van der Waals surface area contributed by atoms with Crippen LogP contribution in [-0.4, -0.2) is 20.9 Å². The van der Waals surface area contributed by atoms with Gasteiger partial charge in [0.2, 0.25) is 5.96 Å². The summed E-state index contributed by atoms with van der Waals surface area (Å²) in [6, 6.07) is 4.71. The van der Waals surface area contributed by atoms with E-state index >= 15 is 0 Å². The molecule has 8 heteroatoms. The molecule has 0 bridgehead atoms. The van der Waals surface area contributed by atoms with Crippen LogP contribution in [0.4, 0.5) is 11.4 Å². The highest BCUT2D eigenvalue weighted by molar-refractivity contribution is 6.44. The minimum atomic E-state index is -0.323. The van der Waals surface area contributed by atoms with Crippen molar-refractivity contribution in [3.8, 4) is 0 Å². The van der Waals surface area contributed by atoms with Gasteiger partial charge >= 0.3 is 0 Å². The molecule has 0 radical (unpaired) electrons. The number of nitrogens with zero attached hydrogens (tertiary/aromatic N) is 3. The van der Waals surface area contributed by atoms with Crippen molar-refractivity contribution in [1.29, 1.82) is 5.41 Å². The monoisotopic (exact) mass is 285 g/mol. The van der Waals surface area contributed by atoms with Crippen LogP contribution < -0.4 is 10.8 Å². The Bertz CT molecular complexity index is 598. The Labute approximate surface area is 113 Å². The molecule has 0 atom stereocenters. The van der Waals surface area contributed by atoms with Crippen LogP contribution >= 0.6 is 23.2 Å². The van der Waals surface area contributed by atoms with Crippen LogP contribution in [0.3, 0.4) is 0 Å². The number of halogens is 2. The average Bonchev–Trinajstić information content (AvgIpc) is 2.77. The Balaban J connectivity index is 2.34. The van der Waals surface area contributed by atoms with E-state index in [4.69, 9.17) is 34.3 Å². The molecule has 0 aliphatic carbocycles. The maximum absolute atomic E-state index is 9.92. The van der Waals surface area contributed by atoms with Crippen molar-refractivity contribution in [1.82, 2.24) is 9.78 Å². The number of hydrogen-bond acceptors (Lipinski definition) is 4. The summed E-state index contributed by atoms with van der Waals surface area (Å²) in [5.74, 6) is -0.323. The van der Waals surface area contributed by atoms with Gasteiger partial charge in [-0.2, -0.15) is 10.2 Å². The predicted octanol–water partition coefficient (Wildman–Crippen LogP) is 2.45. The topological polar surface area (TPSA) is 91.2 Å². The zero-order valence-corrected chi connectivity index (χ0v) is 10.5. The minimum Gasteiger partial charge on any atom is -0.396 e. The van der Waals surface area contributed by atoms with Gasteiger partial charge in [-0.25, -0.2) is 4.68 Å². The second-order valence-corrected chi connectivity index (χ2v) is 4.21. The number of hydrogen-bond donors (Lipinski definition) is 3. The van der Waals surface area contributed by atoms with E-state index in [1.54, 1.807) is 12.1 Å². The molecule has 1 aromatic carbocycles. The van der Waals surface area contributed by atoms with Crippen LogP contribution in [0.25, 0.3) is 0 Å². The number of benzene rings is 1. The van der Waals surface area contributed by atoms with E-state index in [2.05, 4.69) is 5.10 Å². The van der Waals surface area contributed by atoms with Crippen molar-refractivity contribution < 1.29 is 5.21 Å². The van der Waals surface area contributed by atoms with E-state index < -0.39 is 0 Å². The van der Waals surface area contributed by atoms with Gasteiger partial charge in [-0.15, -0.1) is 0 Å². The van der Waals surface area contributed by atoms with Gasteiger partial charge in [0.25, 0.3) is 0 Å². The van der Waals surface area contributed by atoms with Crippen LogP contribution in [0, 0.1) is 5.41 Å². The van der Waals surface area contributed by atoms with Crippen LogP contribution in [-0.2, 0) is 0 Å². The number of nitrogens with one attached hydrogen (secondary N) is 1. The van der Waals surface area contributed by atoms with Crippen LogP contribution in [0.15, 0.2) is 30.6 Å². The fourth-order valence-electron chi connectivity index (χ4n) is 1.32. The first-order valence-electron chi connectivity index (χ1n) is 4.83. The number of hydroxylamine groups is 1. The lowest BCUT2D eigenvalue weighted by Gasteiger charge is -2.18. The van der Waals surface area contributed by atoms with Crippen LogP contribution in [0.5, 0.6) is 0 Å². The van der Waals surface area contributed by atoms with E-state index in [0.717, 1.165) is 4.68 Å². The van der Waals surface area contributed by atoms with E-state index in [1.165, 1.54) is 18.5 Å². The molecule has 94 valence electrons. The summed E-state index contributed by atoms with van der Waals surface area (Å²) in [6.45, 7) is 0. The Hall–Kier alpha value is -1.76. The second kappa shape index (κ2) is 4.85. The number of aromatic nitrogens is 2. The van der Waals surface area contributed by atoms with Crippen molar-refractivity contribution in [2.45, 2.75) is 0 Å². The first-order chi connectivity index (χ1) is 8.50. The Kier molecular flexibility index (Phi) is 3.42. The summed E-state index contributed by atoms with van der Waals surface area (Å²) in [7, 11) is 0. The molecule has 1 aromatic heterocycles.